The second kappa shape index (κ2) is 7.43. The summed E-state index contributed by atoms with van der Waals surface area (Å²) in [5, 5.41) is 13.3. The van der Waals surface area contributed by atoms with Gasteiger partial charge in [0.2, 0.25) is 0 Å². The van der Waals surface area contributed by atoms with Crippen molar-refractivity contribution >= 4 is 0 Å². The number of methoxy groups -OCH3 is 2. The third kappa shape index (κ3) is 5.55. The minimum atomic E-state index is -0.936. The Morgan fingerprint density at radius 1 is 1.37 bits per heavy atom. The van der Waals surface area contributed by atoms with Gasteiger partial charge in [0.1, 0.15) is 0 Å². The van der Waals surface area contributed by atoms with E-state index >= 15 is 0 Å². The molecule has 0 bridgehead atoms. The van der Waals surface area contributed by atoms with Crippen LogP contribution in [0.4, 0.5) is 4.39 Å². The molecular weight excluding hydrogens is 249 g/mol. The standard InChI is InChI=1S/C14H22FNO3/c1-14(17,10-16-6-7-18-2)9-11-4-5-13(19-3)12(15)8-11/h4-5,8,16-17H,6-7,9-10H2,1-3H3. The van der Waals surface area contributed by atoms with E-state index < -0.39 is 11.4 Å². The van der Waals surface area contributed by atoms with E-state index in [2.05, 4.69) is 5.32 Å². The van der Waals surface area contributed by atoms with Crippen LogP contribution in [-0.2, 0) is 11.2 Å². The van der Waals surface area contributed by atoms with Crippen LogP contribution in [0.25, 0.3) is 0 Å². The van der Waals surface area contributed by atoms with E-state index in [4.69, 9.17) is 9.47 Å². The smallest absolute Gasteiger partial charge is 0.165 e. The van der Waals surface area contributed by atoms with Crippen molar-refractivity contribution in [2.45, 2.75) is 18.9 Å². The molecule has 0 aliphatic rings. The lowest BCUT2D eigenvalue weighted by molar-refractivity contribution is 0.0581. The molecule has 0 aromatic heterocycles. The van der Waals surface area contributed by atoms with Crippen molar-refractivity contribution in [2.24, 2.45) is 0 Å². The van der Waals surface area contributed by atoms with Crippen LogP contribution < -0.4 is 10.1 Å². The van der Waals surface area contributed by atoms with Crippen LogP contribution in [-0.4, -0.2) is 44.6 Å². The SMILES string of the molecule is COCCNCC(C)(O)Cc1ccc(OC)c(F)c1. The van der Waals surface area contributed by atoms with Gasteiger partial charge >= 0.3 is 0 Å². The Morgan fingerprint density at radius 3 is 2.68 bits per heavy atom. The van der Waals surface area contributed by atoms with Gasteiger partial charge in [-0.05, 0) is 24.6 Å². The Balaban J connectivity index is 2.54. The summed E-state index contributed by atoms with van der Waals surface area (Å²) in [7, 11) is 3.05. The molecule has 0 fully saturated rings. The molecule has 0 heterocycles. The van der Waals surface area contributed by atoms with Crippen molar-refractivity contribution in [3.63, 3.8) is 0 Å². The van der Waals surface area contributed by atoms with Crippen LogP contribution in [0.1, 0.15) is 12.5 Å². The van der Waals surface area contributed by atoms with Crippen LogP contribution in [0, 0.1) is 5.82 Å². The van der Waals surface area contributed by atoms with Gasteiger partial charge in [0.25, 0.3) is 0 Å². The molecule has 2 N–H and O–H groups in total. The average Bonchev–Trinajstić information content (AvgIpc) is 2.34. The largest absolute Gasteiger partial charge is 0.494 e. The van der Waals surface area contributed by atoms with Crippen molar-refractivity contribution in [1.29, 1.82) is 0 Å². The van der Waals surface area contributed by atoms with Gasteiger partial charge in [-0.2, -0.15) is 0 Å². The Morgan fingerprint density at radius 2 is 2.11 bits per heavy atom. The first-order valence-corrected chi connectivity index (χ1v) is 6.23. The molecule has 1 unspecified atom stereocenters. The lowest BCUT2D eigenvalue weighted by Gasteiger charge is -2.24. The summed E-state index contributed by atoms with van der Waals surface area (Å²) in [6.07, 6.45) is 0.369. The zero-order chi connectivity index (χ0) is 14.3. The molecular formula is C14H22FNO3. The van der Waals surface area contributed by atoms with Crippen molar-refractivity contribution in [2.75, 3.05) is 33.9 Å². The maximum Gasteiger partial charge on any atom is 0.165 e. The molecule has 1 rings (SSSR count). The topological polar surface area (TPSA) is 50.7 Å². The zero-order valence-electron chi connectivity index (χ0n) is 11.7. The molecule has 108 valence electrons. The summed E-state index contributed by atoms with van der Waals surface area (Å²) in [6.45, 7) is 3.40. The van der Waals surface area contributed by atoms with Crippen LogP contribution in [0.2, 0.25) is 0 Å². The molecule has 0 saturated heterocycles. The van der Waals surface area contributed by atoms with Gasteiger partial charge in [0.15, 0.2) is 11.6 Å². The number of benzene rings is 1. The summed E-state index contributed by atoms with van der Waals surface area (Å²) in [5.41, 5.74) is -0.203. The Labute approximate surface area is 113 Å². The minimum absolute atomic E-state index is 0.210. The van der Waals surface area contributed by atoms with Crippen molar-refractivity contribution in [3.05, 3.63) is 29.6 Å². The van der Waals surface area contributed by atoms with E-state index in [1.54, 1.807) is 26.2 Å². The van der Waals surface area contributed by atoms with Crippen molar-refractivity contribution in [1.82, 2.24) is 5.32 Å². The summed E-state index contributed by atoms with van der Waals surface area (Å²) < 4.78 is 23.3. The summed E-state index contributed by atoms with van der Waals surface area (Å²) in [4.78, 5) is 0. The number of rotatable bonds is 8. The highest BCUT2D eigenvalue weighted by Crippen LogP contribution is 2.20. The molecule has 0 saturated carbocycles. The summed E-state index contributed by atoms with van der Waals surface area (Å²) in [6, 6.07) is 4.72. The molecule has 5 heteroatoms. The number of aliphatic hydroxyl groups is 1. The molecule has 0 spiro atoms. The third-order valence-electron chi connectivity index (χ3n) is 2.79. The average molecular weight is 271 g/mol. The molecule has 0 radical (unpaired) electrons. The van der Waals surface area contributed by atoms with Gasteiger partial charge in [-0.25, -0.2) is 4.39 Å². The van der Waals surface area contributed by atoms with E-state index in [1.165, 1.54) is 13.2 Å². The second-order valence-electron chi connectivity index (χ2n) is 4.81. The maximum atomic E-state index is 13.5. The quantitative estimate of drug-likeness (QED) is 0.701. The second-order valence-corrected chi connectivity index (χ2v) is 4.81. The summed E-state index contributed by atoms with van der Waals surface area (Å²) in [5.74, 6) is -0.204. The predicted octanol–water partition coefficient (Wildman–Crippen LogP) is 1.36. The maximum absolute atomic E-state index is 13.5. The lowest BCUT2D eigenvalue weighted by Crippen LogP contribution is -2.40. The third-order valence-corrected chi connectivity index (χ3v) is 2.79. The fraction of sp³-hybridized carbons (Fsp3) is 0.571. The normalized spacial score (nSPS) is 14.2. The molecule has 1 aromatic rings. The van der Waals surface area contributed by atoms with Crippen LogP contribution in [0.15, 0.2) is 18.2 Å². The van der Waals surface area contributed by atoms with Gasteiger partial charge in [0, 0.05) is 26.6 Å². The molecule has 0 aliphatic carbocycles. The predicted molar refractivity (Wildman–Crippen MR) is 72.0 cm³/mol. The fourth-order valence-corrected chi connectivity index (χ4v) is 1.85. The number of ether oxygens (including phenoxy) is 2. The molecule has 4 nitrogen and oxygen atoms in total. The zero-order valence-corrected chi connectivity index (χ0v) is 11.7. The highest BCUT2D eigenvalue weighted by molar-refractivity contribution is 5.30. The fourth-order valence-electron chi connectivity index (χ4n) is 1.85. The molecule has 1 aromatic carbocycles. The first-order valence-electron chi connectivity index (χ1n) is 6.23. The van der Waals surface area contributed by atoms with E-state index in [9.17, 15) is 9.50 Å². The van der Waals surface area contributed by atoms with Crippen LogP contribution >= 0.6 is 0 Å². The van der Waals surface area contributed by atoms with E-state index in [0.29, 0.717) is 26.1 Å². The monoisotopic (exact) mass is 271 g/mol. The van der Waals surface area contributed by atoms with Crippen LogP contribution in [0.3, 0.4) is 0 Å². The molecule has 0 amide bonds. The van der Waals surface area contributed by atoms with Crippen molar-refractivity contribution in [3.8, 4) is 5.75 Å². The van der Waals surface area contributed by atoms with E-state index in [0.717, 1.165) is 5.56 Å². The number of nitrogens with one attached hydrogen (secondary N) is 1. The van der Waals surface area contributed by atoms with Gasteiger partial charge in [-0.3, -0.25) is 0 Å². The Hall–Kier alpha value is -1.17. The number of hydrogen-bond donors (Lipinski definition) is 2. The highest BCUT2D eigenvalue weighted by atomic mass is 19.1. The molecule has 0 aliphatic heterocycles. The minimum Gasteiger partial charge on any atom is -0.494 e. The van der Waals surface area contributed by atoms with Crippen LogP contribution in [0.5, 0.6) is 5.75 Å². The van der Waals surface area contributed by atoms with Gasteiger partial charge in [-0.1, -0.05) is 6.07 Å². The van der Waals surface area contributed by atoms with Crippen molar-refractivity contribution < 1.29 is 19.0 Å². The van der Waals surface area contributed by atoms with Gasteiger partial charge < -0.3 is 19.9 Å². The van der Waals surface area contributed by atoms with Gasteiger partial charge in [0.05, 0.1) is 19.3 Å². The highest BCUT2D eigenvalue weighted by Gasteiger charge is 2.21. The molecule has 1 atom stereocenters. The number of hydrogen-bond acceptors (Lipinski definition) is 4. The Kier molecular flexibility index (Phi) is 6.21. The van der Waals surface area contributed by atoms with Gasteiger partial charge in [-0.15, -0.1) is 0 Å². The van der Waals surface area contributed by atoms with E-state index in [1.807, 2.05) is 0 Å². The van der Waals surface area contributed by atoms with E-state index in [-0.39, 0.29) is 5.75 Å². The first kappa shape index (κ1) is 15.9. The Bertz CT molecular complexity index is 396. The first-order chi connectivity index (χ1) is 8.98. The molecule has 19 heavy (non-hydrogen) atoms. The lowest BCUT2D eigenvalue weighted by atomic mass is 9.96. The summed E-state index contributed by atoms with van der Waals surface area (Å²) >= 11 is 0. The number of halogens is 1.